The summed E-state index contributed by atoms with van der Waals surface area (Å²) in [6, 6.07) is 11.8. The van der Waals surface area contributed by atoms with Gasteiger partial charge >= 0.3 is 0 Å². The molecule has 0 unspecified atom stereocenters. The molecule has 6 heteroatoms. The van der Waals surface area contributed by atoms with Gasteiger partial charge in [-0.2, -0.15) is 0 Å². The second-order valence-corrected chi connectivity index (χ2v) is 8.08. The highest BCUT2D eigenvalue weighted by Gasteiger charge is 2.43. The summed E-state index contributed by atoms with van der Waals surface area (Å²) in [5, 5.41) is 1.12. The van der Waals surface area contributed by atoms with Crippen LogP contribution in [-0.2, 0) is 0 Å². The van der Waals surface area contributed by atoms with E-state index in [1.54, 1.807) is 30.9 Å². The van der Waals surface area contributed by atoms with E-state index in [0.29, 0.717) is 0 Å². The van der Waals surface area contributed by atoms with Gasteiger partial charge in [-0.3, -0.25) is 9.78 Å². The largest absolute Gasteiger partial charge is 0.350 e. The Labute approximate surface area is 170 Å². The number of carbonyl (C=O) groups excluding carboxylic acids is 1. The van der Waals surface area contributed by atoms with Crippen LogP contribution >= 0.6 is 0 Å². The lowest BCUT2D eigenvalue weighted by Gasteiger charge is -2.39. The Balaban J connectivity index is 1.42. The molecule has 2 aromatic heterocycles. The molecule has 1 spiro atoms. The third kappa shape index (κ3) is 3.22. The van der Waals surface area contributed by atoms with Crippen LogP contribution in [0.2, 0.25) is 0 Å². The normalized spacial score (nSPS) is 22.2. The molecule has 2 aliphatic heterocycles. The number of rotatable bonds is 2. The zero-order valence-electron chi connectivity index (χ0n) is 16.5. The molecule has 1 amide bonds. The molecule has 0 saturated carbocycles. The van der Waals surface area contributed by atoms with E-state index in [1.807, 2.05) is 17.0 Å². The number of anilines is 1. The van der Waals surface area contributed by atoms with Crippen LogP contribution in [0.4, 0.5) is 5.82 Å². The van der Waals surface area contributed by atoms with Crippen LogP contribution in [0.25, 0.3) is 10.9 Å². The molecular formula is C23H25N5O. The summed E-state index contributed by atoms with van der Waals surface area (Å²) in [6.07, 6.45) is 10.4. The van der Waals surface area contributed by atoms with E-state index in [4.69, 9.17) is 4.98 Å². The van der Waals surface area contributed by atoms with Gasteiger partial charge in [0.1, 0.15) is 12.1 Å². The van der Waals surface area contributed by atoms with Gasteiger partial charge in [0.2, 0.25) is 0 Å². The Morgan fingerprint density at radius 3 is 2.55 bits per heavy atom. The quantitative estimate of drug-likeness (QED) is 0.671. The van der Waals surface area contributed by atoms with Crippen molar-refractivity contribution in [2.45, 2.75) is 37.6 Å². The van der Waals surface area contributed by atoms with Crippen molar-refractivity contribution in [1.29, 1.82) is 0 Å². The average molecular weight is 387 g/mol. The van der Waals surface area contributed by atoms with Crippen molar-refractivity contribution >= 4 is 22.6 Å². The molecule has 2 fully saturated rings. The van der Waals surface area contributed by atoms with E-state index in [1.165, 1.54) is 0 Å². The second kappa shape index (κ2) is 7.43. The molecule has 4 heterocycles. The zero-order valence-corrected chi connectivity index (χ0v) is 16.5. The number of fused-ring (bicyclic) bond motifs is 1. The van der Waals surface area contributed by atoms with Crippen molar-refractivity contribution in [1.82, 2.24) is 19.9 Å². The van der Waals surface area contributed by atoms with Crippen LogP contribution in [0.5, 0.6) is 0 Å². The summed E-state index contributed by atoms with van der Waals surface area (Å²) < 4.78 is 0. The van der Waals surface area contributed by atoms with E-state index in [0.717, 1.165) is 74.0 Å². The van der Waals surface area contributed by atoms with Gasteiger partial charge in [0.25, 0.3) is 5.91 Å². The number of amides is 1. The first-order chi connectivity index (χ1) is 14.3. The van der Waals surface area contributed by atoms with Crippen LogP contribution in [0.3, 0.4) is 0 Å². The van der Waals surface area contributed by atoms with Gasteiger partial charge in [0.05, 0.1) is 5.52 Å². The fourth-order valence-corrected chi connectivity index (χ4v) is 5.05. The molecule has 148 valence electrons. The number of hydrogen-bond donors (Lipinski definition) is 0. The maximum absolute atomic E-state index is 12.9. The van der Waals surface area contributed by atoms with Crippen LogP contribution in [0.1, 0.15) is 42.5 Å². The molecule has 3 aromatic rings. The highest BCUT2D eigenvalue weighted by atomic mass is 16.2. The fourth-order valence-electron chi connectivity index (χ4n) is 5.05. The summed E-state index contributed by atoms with van der Waals surface area (Å²) in [7, 11) is 0. The molecule has 1 atom stereocenters. The molecule has 0 N–H and O–H groups in total. The van der Waals surface area contributed by atoms with Gasteiger partial charge in [-0.05, 0) is 56.4 Å². The molecule has 0 aliphatic carbocycles. The molecule has 6 nitrogen and oxygen atoms in total. The van der Waals surface area contributed by atoms with Gasteiger partial charge in [-0.1, -0.05) is 12.1 Å². The van der Waals surface area contributed by atoms with Crippen LogP contribution in [-0.4, -0.2) is 50.9 Å². The lowest BCUT2D eigenvalue weighted by molar-refractivity contribution is 0.0759. The predicted octanol–water partition coefficient (Wildman–Crippen LogP) is 3.69. The summed E-state index contributed by atoms with van der Waals surface area (Å²) in [5.74, 6) is 1.16. The van der Waals surface area contributed by atoms with Gasteiger partial charge in [-0.15, -0.1) is 0 Å². The summed E-state index contributed by atoms with van der Waals surface area (Å²) >= 11 is 0. The minimum absolute atomic E-state index is 0.0738. The topological polar surface area (TPSA) is 62.2 Å². The highest BCUT2D eigenvalue weighted by Crippen LogP contribution is 2.42. The molecular weight excluding hydrogens is 362 g/mol. The number of likely N-dealkylation sites (tertiary alicyclic amines) is 1. The third-order valence-electron chi connectivity index (χ3n) is 6.51. The number of benzene rings is 1. The first-order valence-electron chi connectivity index (χ1n) is 10.4. The van der Waals surface area contributed by atoms with E-state index >= 15 is 0 Å². The summed E-state index contributed by atoms with van der Waals surface area (Å²) in [6.45, 7) is 2.60. The van der Waals surface area contributed by atoms with E-state index in [9.17, 15) is 4.79 Å². The molecule has 0 bridgehead atoms. The van der Waals surface area contributed by atoms with Crippen LogP contribution in [0, 0.1) is 0 Å². The zero-order chi connectivity index (χ0) is 19.7. The molecule has 1 aromatic carbocycles. The second-order valence-electron chi connectivity index (χ2n) is 8.08. The molecule has 5 rings (SSSR count). The van der Waals surface area contributed by atoms with Crippen LogP contribution < -0.4 is 4.90 Å². The Morgan fingerprint density at radius 2 is 1.69 bits per heavy atom. The number of aromatic nitrogens is 3. The van der Waals surface area contributed by atoms with Gasteiger partial charge in [-0.25, -0.2) is 9.97 Å². The van der Waals surface area contributed by atoms with Crippen molar-refractivity contribution in [2.24, 2.45) is 0 Å². The first kappa shape index (κ1) is 18.0. The Kier molecular flexibility index (Phi) is 4.62. The van der Waals surface area contributed by atoms with Crippen molar-refractivity contribution in [3.05, 3.63) is 60.7 Å². The monoisotopic (exact) mass is 387 g/mol. The maximum Gasteiger partial charge on any atom is 0.253 e. The molecule has 2 saturated heterocycles. The summed E-state index contributed by atoms with van der Waals surface area (Å²) in [4.78, 5) is 30.6. The Morgan fingerprint density at radius 1 is 0.897 bits per heavy atom. The average Bonchev–Trinajstić information content (AvgIpc) is 3.06. The van der Waals surface area contributed by atoms with Gasteiger partial charge in [0.15, 0.2) is 0 Å². The predicted molar refractivity (Wildman–Crippen MR) is 113 cm³/mol. The number of para-hydroxylation sites is 1. The van der Waals surface area contributed by atoms with Crippen molar-refractivity contribution in [3.8, 4) is 0 Å². The van der Waals surface area contributed by atoms with E-state index < -0.39 is 0 Å². The SMILES string of the molecule is O=C(c1ccncc1)N1CCC[C@@]2(CCCN2c2ncnc3ccccc23)CC1. The number of pyridine rings is 1. The highest BCUT2D eigenvalue weighted by molar-refractivity contribution is 5.94. The van der Waals surface area contributed by atoms with Crippen LogP contribution in [0.15, 0.2) is 55.1 Å². The van der Waals surface area contributed by atoms with Crippen molar-refractivity contribution in [2.75, 3.05) is 24.5 Å². The van der Waals surface area contributed by atoms with E-state index in [-0.39, 0.29) is 11.4 Å². The smallest absolute Gasteiger partial charge is 0.253 e. The summed E-state index contributed by atoms with van der Waals surface area (Å²) in [5.41, 5.74) is 1.79. The van der Waals surface area contributed by atoms with Gasteiger partial charge < -0.3 is 9.80 Å². The lowest BCUT2D eigenvalue weighted by atomic mass is 9.87. The number of carbonyl (C=O) groups is 1. The molecule has 0 radical (unpaired) electrons. The number of nitrogens with zero attached hydrogens (tertiary/aromatic N) is 5. The van der Waals surface area contributed by atoms with Gasteiger partial charge in [0, 0.05) is 48.5 Å². The Bertz CT molecular complexity index is 1020. The van der Waals surface area contributed by atoms with E-state index in [2.05, 4.69) is 27.0 Å². The third-order valence-corrected chi connectivity index (χ3v) is 6.51. The Hall–Kier alpha value is -3.02. The van der Waals surface area contributed by atoms with Crippen molar-refractivity contribution < 1.29 is 4.79 Å². The minimum atomic E-state index is 0.0738. The number of hydrogen-bond acceptors (Lipinski definition) is 5. The minimum Gasteiger partial charge on any atom is -0.350 e. The fraction of sp³-hybridized carbons (Fsp3) is 0.391. The molecule has 2 aliphatic rings. The lowest BCUT2D eigenvalue weighted by Crippen LogP contribution is -2.45. The molecule has 29 heavy (non-hydrogen) atoms. The maximum atomic E-state index is 12.9. The standard InChI is InChI=1S/C23H25N5O/c29-22(18-7-12-24-13-8-18)27-14-3-9-23(11-16-27)10-4-15-28(23)21-19-5-1-2-6-20(19)25-17-26-21/h1-2,5-8,12-13,17H,3-4,9-11,14-16H2/t23-/m1/s1. The first-order valence-corrected chi connectivity index (χ1v) is 10.4. The van der Waals surface area contributed by atoms with Crippen molar-refractivity contribution in [3.63, 3.8) is 0 Å².